The quantitative estimate of drug-likeness (QED) is 0.699. The number of aromatic nitrogens is 4. The molecule has 0 unspecified atom stereocenters. The molecule has 0 spiro atoms. The third-order valence-electron chi connectivity index (χ3n) is 2.43. The molecule has 0 aromatic carbocycles. The highest BCUT2D eigenvalue weighted by Crippen LogP contribution is 2.26. The van der Waals surface area contributed by atoms with Crippen molar-refractivity contribution in [1.82, 2.24) is 19.9 Å². The van der Waals surface area contributed by atoms with Crippen molar-refractivity contribution in [3.63, 3.8) is 0 Å². The lowest BCUT2D eigenvalue weighted by Crippen LogP contribution is -1.79. The van der Waals surface area contributed by atoms with Crippen molar-refractivity contribution in [3.05, 3.63) is 29.0 Å². The van der Waals surface area contributed by atoms with Crippen molar-refractivity contribution in [1.29, 1.82) is 0 Å². The summed E-state index contributed by atoms with van der Waals surface area (Å²) in [7, 11) is 0. The summed E-state index contributed by atoms with van der Waals surface area (Å²) >= 11 is 1.59. The molecule has 0 aliphatic rings. The standard InChI is InChI=1S/C11H10N4S/c1-6-3-8-10(12-4-6)15-11(14-8)9-7(2)13-5-16-9/h3-5H,1-2H3,(H,12,14,15). The summed E-state index contributed by atoms with van der Waals surface area (Å²) in [6.07, 6.45) is 1.83. The third kappa shape index (κ3) is 1.40. The molecule has 0 amide bonds. The Morgan fingerprint density at radius 1 is 1.25 bits per heavy atom. The minimum atomic E-state index is 0.758. The van der Waals surface area contributed by atoms with Crippen LogP contribution >= 0.6 is 11.3 Å². The first-order valence-electron chi connectivity index (χ1n) is 4.97. The van der Waals surface area contributed by atoms with Crippen LogP contribution in [0.25, 0.3) is 21.9 Å². The highest BCUT2D eigenvalue weighted by Gasteiger charge is 2.10. The van der Waals surface area contributed by atoms with E-state index in [-0.39, 0.29) is 0 Å². The molecule has 0 aliphatic heterocycles. The van der Waals surface area contributed by atoms with Crippen LogP contribution < -0.4 is 0 Å². The van der Waals surface area contributed by atoms with Crippen LogP contribution in [0.3, 0.4) is 0 Å². The molecule has 0 saturated carbocycles. The van der Waals surface area contributed by atoms with Crippen LogP contribution in [-0.2, 0) is 0 Å². The zero-order valence-electron chi connectivity index (χ0n) is 8.98. The molecule has 0 fully saturated rings. The van der Waals surface area contributed by atoms with E-state index in [9.17, 15) is 0 Å². The van der Waals surface area contributed by atoms with Gasteiger partial charge in [0, 0.05) is 6.20 Å². The maximum atomic E-state index is 4.46. The smallest absolute Gasteiger partial charge is 0.178 e. The fraction of sp³-hybridized carbons (Fsp3) is 0.182. The molecule has 0 saturated heterocycles. The number of H-pyrrole nitrogens is 1. The van der Waals surface area contributed by atoms with E-state index in [2.05, 4.69) is 26.0 Å². The second kappa shape index (κ2) is 3.38. The van der Waals surface area contributed by atoms with Crippen molar-refractivity contribution >= 4 is 22.5 Å². The predicted octanol–water partition coefficient (Wildman–Crippen LogP) is 2.70. The maximum absolute atomic E-state index is 4.46. The molecule has 0 radical (unpaired) electrons. The summed E-state index contributed by atoms with van der Waals surface area (Å²) in [5, 5.41) is 0. The Kier molecular flexibility index (Phi) is 2.00. The summed E-state index contributed by atoms with van der Waals surface area (Å²) in [6.45, 7) is 4.00. The molecule has 5 heteroatoms. The third-order valence-corrected chi connectivity index (χ3v) is 3.37. The van der Waals surface area contributed by atoms with Gasteiger partial charge in [0.2, 0.25) is 0 Å². The lowest BCUT2D eigenvalue weighted by molar-refractivity contribution is 1.24. The number of hydrogen-bond donors (Lipinski definition) is 1. The number of rotatable bonds is 1. The van der Waals surface area contributed by atoms with Crippen LogP contribution in [-0.4, -0.2) is 19.9 Å². The van der Waals surface area contributed by atoms with Gasteiger partial charge in [-0.25, -0.2) is 15.0 Å². The minimum absolute atomic E-state index is 0.758. The van der Waals surface area contributed by atoms with Crippen molar-refractivity contribution < 1.29 is 0 Å². The van der Waals surface area contributed by atoms with Crippen molar-refractivity contribution in [2.24, 2.45) is 0 Å². The molecule has 3 aromatic rings. The number of nitrogens with one attached hydrogen (secondary N) is 1. The summed E-state index contributed by atoms with van der Waals surface area (Å²) in [5.41, 5.74) is 5.69. The van der Waals surface area contributed by atoms with Gasteiger partial charge >= 0.3 is 0 Å². The Labute approximate surface area is 96.4 Å². The van der Waals surface area contributed by atoms with Crippen molar-refractivity contribution in [2.45, 2.75) is 13.8 Å². The maximum Gasteiger partial charge on any atom is 0.178 e. The van der Waals surface area contributed by atoms with Gasteiger partial charge in [-0.1, -0.05) is 0 Å². The number of fused-ring (bicyclic) bond motifs is 1. The van der Waals surface area contributed by atoms with Gasteiger partial charge in [-0.05, 0) is 25.5 Å². The highest BCUT2D eigenvalue weighted by atomic mass is 32.1. The van der Waals surface area contributed by atoms with E-state index in [0.717, 1.165) is 33.1 Å². The lowest BCUT2D eigenvalue weighted by atomic mass is 10.3. The molecule has 0 bridgehead atoms. The summed E-state index contributed by atoms with van der Waals surface area (Å²) < 4.78 is 0. The first-order valence-corrected chi connectivity index (χ1v) is 5.85. The van der Waals surface area contributed by atoms with E-state index >= 15 is 0 Å². The Bertz CT molecular complexity index is 653. The fourth-order valence-electron chi connectivity index (χ4n) is 1.64. The fourth-order valence-corrected chi connectivity index (χ4v) is 2.39. The van der Waals surface area contributed by atoms with Crippen molar-refractivity contribution in [2.75, 3.05) is 0 Å². The van der Waals surface area contributed by atoms with Crippen LogP contribution in [0.5, 0.6) is 0 Å². The van der Waals surface area contributed by atoms with E-state index in [1.54, 1.807) is 11.3 Å². The van der Waals surface area contributed by atoms with Gasteiger partial charge in [0.25, 0.3) is 0 Å². The average Bonchev–Trinajstić information content (AvgIpc) is 2.82. The zero-order chi connectivity index (χ0) is 11.1. The molecule has 0 aliphatic carbocycles. The Balaban J connectivity index is 2.23. The zero-order valence-corrected chi connectivity index (χ0v) is 9.80. The largest absolute Gasteiger partial charge is 0.336 e. The molecule has 4 nitrogen and oxygen atoms in total. The topological polar surface area (TPSA) is 54.5 Å². The second-order valence-electron chi connectivity index (χ2n) is 3.74. The van der Waals surface area contributed by atoms with E-state index < -0.39 is 0 Å². The van der Waals surface area contributed by atoms with Crippen LogP contribution in [0, 0.1) is 13.8 Å². The van der Waals surface area contributed by atoms with Crippen LogP contribution in [0.2, 0.25) is 0 Å². The van der Waals surface area contributed by atoms with E-state index in [0.29, 0.717) is 0 Å². The van der Waals surface area contributed by atoms with Crippen LogP contribution in [0.15, 0.2) is 17.8 Å². The molecule has 16 heavy (non-hydrogen) atoms. The van der Waals surface area contributed by atoms with Gasteiger partial charge in [-0.2, -0.15) is 0 Å². The highest BCUT2D eigenvalue weighted by molar-refractivity contribution is 7.13. The van der Waals surface area contributed by atoms with Crippen molar-refractivity contribution in [3.8, 4) is 10.7 Å². The predicted molar refractivity (Wildman–Crippen MR) is 64.5 cm³/mol. The number of imidazole rings is 1. The van der Waals surface area contributed by atoms with Gasteiger partial charge in [0.05, 0.1) is 21.6 Å². The molecule has 0 atom stereocenters. The number of aromatic amines is 1. The number of thiazole rings is 1. The van der Waals surface area contributed by atoms with Crippen LogP contribution in [0.1, 0.15) is 11.3 Å². The van der Waals surface area contributed by atoms with E-state index in [1.807, 2.05) is 25.6 Å². The summed E-state index contributed by atoms with van der Waals surface area (Å²) in [4.78, 5) is 17.3. The molecule has 3 aromatic heterocycles. The first-order chi connectivity index (χ1) is 7.74. The Hall–Kier alpha value is -1.75. The SMILES string of the molecule is Cc1cnc2nc(-c3scnc3C)[nH]c2c1. The molecular weight excluding hydrogens is 220 g/mol. The molecule has 3 rings (SSSR count). The molecule has 80 valence electrons. The molecular formula is C11H10N4S. The summed E-state index contributed by atoms with van der Waals surface area (Å²) in [5.74, 6) is 0.855. The van der Waals surface area contributed by atoms with E-state index in [4.69, 9.17) is 0 Å². The first kappa shape index (κ1) is 9.47. The van der Waals surface area contributed by atoms with Gasteiger partial charge in [0.15, 0.2) is 11.5 Å². The number of nitrogens with zero attached hydrogens (tertiary/aromatic N) is 3. The Morgan fingerprint density at radius 3 is 2.88 bits per heavy atom. The van der Waals surface area contributed by atoms with E-state index in [1.165, 1.54) is 0 Å². The van der Waals surface area contributed by atoms with Crippen LogP contribution in [0.4, 0.5) is 0 Å². The lowest BCUT2D eigenvalue weighted by Gasteiger charge is -1.90. The van der Waals surface area contributed by atoms with Gasteiger partial charge in [-0.3, -0.25) is 0 Å². The molecule has 3 heterocycles. The molecule has 1 N–H and O–H groups in total. The number of aryl methyl sites for hydroxylation is 2. The number of pyridine rings is 1. The minimum Gasteiger partial charge on any atom is -0.336 e. The second-order valence-corrected chi connectivity index (χ2v) is 4.59. The summed E-state index contributed by atoms with van der Waals surface area (Å²) in [6, 6.07) is 2.05. The average molecular weight is 230 g/mol. The number of hydrogen-bond acceptors (Lipinski definition) is 4. The van der Waals surface area contributed by atoms with Gasteiger partial charge < -0.3 is 4.98 Å². The monoisotopic (exact) mass is 230 g/mol. The van der Waals surface area contributed by atoms with Gasteiger partial charge in [-0.15, -0.1) is 11.3 Å². The Morgan fingerprint density at radius 2 is 2.12 bits per heavy atom. The normalized spacial score (nSPS) is 11.1. The van der Waals surface area contributed by atoms with Gasteiger partial charge in [0.1, 0.15) is 0 Å².